The SMILES string of the molecule is CC1CN(C(CO)C(N)C2CC2)CC1N(C)C. The molecule has 0 aromatic heterocycles. The molecule has 4 atom stereocenters. The van der Waals surface area contributed by atoms with Crippen LogP contribution in [-0.2, 0) is 0 Å². The van der Waals surface area contributed by atoms with Crippen molar-refractivity contribution in [2.75, 3.05) is 33.8 Å². The van der Waals surface area contributed by atoms with Crippen LogP contribution in [0.1, 0.15) is 19.8 Å². The molecule has 0 aromatic rings. The van der Waals surface area contributed by atoms with E-state index < -0.39 is 0 Å². The van der Waals surface area contributed by atoms with Gasteiger partial charge in [0, 0.05) is 31.2 Å². The van der Waals surface area contributed by atoms with Gasteiger partial charge in [-0.15, -0.1) is 0 Å². The topological polar surface area (TPSA) is 52.7 Å². The molecule has 4 unspecified atom stereocenters. The summed E-state index contributed by atoms with van der Waals surface area (Å²) < 4.78 is 0. The van der Waals surface area contributed by atoms with E-state index in [1.807, 2.05) is 0 Å². The van der Waals surface area contributed by atoms with Crippen LogP contribution < -0.4 is 5.73 Å². The third-order valence-electron chi connectivity index (χ3n) is 4.53. The highest BCUT2D eigenvalue weighted by atomic mass is 16.3. The molecular formula is C13H27N3O. The summed E-state index contributed by atoms with van der Waals surface area (Å²) >= 11 is 0. The summed E-state index contributed by atoms with van der Waals surface area (Å²) in [6, 6.07) is 0.915. The molecule has 17 heavy (non-hydrogen) atoms. The summed E-state index contributed by atoms with van der Waals surface area (Å²) in [6.07, 6.45) is 2.50. The number of likely N-dealkylation sites (tertiary alicyclic amines) is 1. The number of rotatable bonds is 5. The number of aliphatic hydroxyl groups is 1. The Hall–Kier alpha value is -0.160. The molecule has 1 saturated heterocycles. The summed E-state index contributed by atoms with van der Waals surface area (Å²) in [5.41, 5.74) is 6.27. The van der Waals surface area contributed by atoms with Crippen LogP contribution in [0.2, 0.25) is 0 Å². The van der Waals surface area contributed by atoms with Gasteiger partial charge in [0.15, 0.2) is 0 Å². The number of nitrogens with two attached hydrogens (primary N) is 1. The predicted molar refractivity (Wildman–Crippen MR) is 69.8 cm³/mol. The number of nitrogens with zero attached hydrogens (tertiary/aromatic N) is 2. The van der Waals surface area contributed by atoms with Gasteiger partial charge >= 0.3 is 0 Å². The Kier molecular flexibility index (Phi) is 4.08. The summed E-state index contributed by atoms with van der Waals surface area (Å²) in [7, 11) is 4.28. The van der Waals surface area contributed by atoms with E-state index in [1.165, 1.54) is 12.8 Å². The fraction of sp³-hybridized carbons (Fsp3) is 1.00. The zero-order valence-electron chi connectivity index (χ0n) is 11.3. The molecule has 1 heterocycles. The molecule has 100 valence electrons. The first-order valence-corrected chi connectivity index (χ1v) is 6.81. The van der Waals surface area contributed by atoms with E-state index in [-0.39, 0.29) is 18.7 Å². The Morgan fingerprint density at radius 3 is 2.41 bits per heavy atom. The van der Waals surface area contributed by atoms with Gasteiger partial charge < -0.3 is 15.7 Å². The Morgan fingerprint density at radius 1 is 1.35 bits per heavy atom. The lowest BCUT2D eigenvalue weighted by atomic mass is 10.0. The van der Waals surface area contributed by atoms with Crippen molar-refractivity contribution in [1.29, 1.82) is 0 Å². The second kappa shape index (κ2) is 5.22. The van der Waals surface area contributed by atoms with Crippen molar-refractivity contribution in [3.05, 3.63) is 0 Å². The van der Waals surface area contributed by atoms with Crippen molar-refractivity contribution in [3.8, 4) is 0 Å². The zero-order valence-corrected chi connectivity index (χ0v) is 11.3. The Bertz CT molecular complexity index is 255. The van der Waals surface area contributed by atoms with Gasteiger partial charge in [-0.05, 0) is 38.8 Å². The quantitative estimate of drug-likeness (QED) is 0.709. The minimum Gasteiger partial charge on any atom is -0.395 e. The van der Waals surface area contributed by atoms with Crippen LogP contribution in [0.3, 0.4) is 0 Å². The molecule has 1 saturated carbocycles. The lowest BCUT2D eigenvalue weighted by molar-refractivity contribution is 0.112. The van der Waals surface area contributed by atoms with Crippen molar-refractivity contribution in [2.24, 2.45) is 17.6 Å². The summed E-state index contributed by atoms with van der Waals surface area (Å²) in [6.45, 7) is 4.60. The van der Waals surface area contributed by atoms with Crippen LogP contribution in [0.15, 0.2) is 0 Å². The maximum Gasteiger partial charge on any atom is 0.0602 e. The monoisotopic (exact) mass is 241 g/mol. The third-order valence-corrected chi connectivity index (χ3v) is 4.53. The van der Waals surface area contributed by atoms with Crippen LogP contribution in [0.4, 0.5) is 0 Å². The van der Waals surface area contributed by atoms with E-state index in [4.69, 9.17) is 5.73 Å². The highest BCUT2D eigenvalue weighted by Gasteiger charge is 2.41. The molecule has 0 radical (unpaired) electrons. The van der Waals surface area contributed by atoms with E-state index in [1.54, 1.807) is 0 Å². The lowest BCUT2D eigenvalue weighted by Crippen LogP contribution is -2.51. The maximum absolute atomic E-state index is 9.61. The van der Waals surface area contributed by atoms with Crippen LogP contribution in [0, 0.1) is 11.8 Å². The van der Waals surface area contributed by atoms with Crippen molar-refractivity contribution < 1.29 is 5.11 Å². The van der Waals surface area contributed by atoms with Gasteiger partial charge in [-0.3, -0.25) is 4.90 Å². The van der Waals surface area contributed by atoms with E-state index in [9.17, 15) is 5.11 Å². The van der Waals surface area contributed by atoms with Crippen molar-refractivity contribution >= 4 is 0 Å². The van der Waals surface area contributed by atoms with Gasteiger partial charge in [0.25, 0.3) is 0 Å². The highest BCUT2D eigenvalue weighted by molar-refractivity contribution is 4.97. The molecule has 1 aliphatic carbocycles. The average Bonchev–Trinajstić information content (AvgIpc) is 3.04. The first-order valence-electron chi connectivity index (χ1n) is 6.81. The first kappa shape index (κ1) is 13.3. The molecule has 3 N–H and O–H groups in total. The average molecular weight is 241 g/mol. The molecule has 4 heteroatoms. The van der Waals surface area contributed by atoms with Gasteiger partial charge in [-0.1, -0.05) is 6.92 Å². The molecule has 2 rings (SSSR count). The Balaban J connectivity index is 1.96. The standard InChI is InChI=1S/C13H27N3O/c1-9-6-16(7-11(9)15(2)3)12(8-17)13(14)10-4-5-10/h9-13,17H,4-8,14H2,1-3H3. The Morgan fingerprint density at radius 2 is 2.00 bits per heavy atom. The molecule has 4 nitrogen and oxygen atoms in total. The van der Waals surface area contributed by atoms with E-state index in [0.717, 1.165) is 13.1 Å². The van der Waals surface area contributed by atoms with Crippen molar-refractivity contribution in [3.63, 3.8) is 0 Å². The van der Waals surface area contributed by atoms with E-state index >= 15 is 0 Å². The van der Waals surface area contributed by atoms with Gasteiger partial charge in [0.05, 0.1) is 6.61 Å². The minimum atomic E-state index is 0.160. The first-order chi connectivity index (χ1) is 8.04. The number of aliphatic hydroxyl groups excluding tert-OH is 1. The van der Waals surface area contributed by atoms with Crippen LogP contribution in [-0.4, -0.2) is 66.8 Å². The van der Waals surface area contributed by atoms with Crippen LogP contribution in [0.25, 0.3) is 0 Å². The molecule has 2 aliphatic rings. The largest absolute Gasteiger partial charge is 0.395 e. The number of likely N-dealkylation sites (N-methyl/N-ethyl adjacent to an activating group) is 1. The summed E-state index contributed by atoms with van der Waals surface area (Å²) in [5.74, 6) is 1.31. The van der Waals surface area contributed by atoms with Crippen molar-refractivity contribution in [2.45, 2.75) is 37.9 Å². The van der Waals surface area contributed by atoms with Gasteiger partial charge in [0.1, 0.15) is 0 Å². The predicted octanol–water partition coefficient (Wildman–Crippen LogP) is -0.0335. The molecule has 0 bridgehead atoms. The number of hydrogen-bond donors (Lipinski definition) is 2. The number of hydrogen-bond acceptors (Lipinski definition) is 4. The Labute approximate surface area is 105 Å². The smallest absolute Gasteiger partial charge is 0.0602 e. The molecule has 1 aliphatic heterocycles. The van der Waals surface area contributed by atoms with Crippen LogP contribution >= 0.6 is 0 Å². The fourth-order valence-corrected chi connectivity index (χ4v) is 3.21. The van der Waals surface area contributed by atoms with Gasteiger partial charge in [-0.25, -0.2) is 0 Å². The second-order valence-electron chi connectivity index (χ2n) is 6.13. The fourth-order valence-electron chi connectivity index (χ4n) is 3.21. The maximum atomic E-state index is 9.61. The molecular weight excluding hydrogens is 214 g/mol. The highest BCUT2D eigenvalue weighted by Crippen LogP contribution is 2.35. The molecule has 0 amide bonds. The third kappa shape index (κ3) is 2.81. The molecule has 2 fully saturated rings. The molecule has 0 aromatic carbocycles. The van der Waals surface area contributed by atoms with Gasteiger partial charge in [-0.2, -0.15) is 0 Å². The van der Waals surface area contributed by atoms with Crippen molar-refractivity contribution in [1.82, 2.24) is 9.80 Å². The normalized spacial score (nSPS) is 34.2. The lowest BCUT2D eigenvalue weighted by Gasteiger charge is -2.31. The zero-order chi connectivity index (χ0) is 12.6. The summed E-state index contributed by atoms with van der Waals surface area (Å²) in [5, 5.41) is 9.61. The van der Waals surface area contributed by atoms with Crippen LogP contribution in [0.5, 0.6) is 0 Å². The molecule has 0 spiro atoms. The van der Waals surface area contributed by atoms with E-state index in [2.05, 4.69) is 30.8 Å². The second-order valence-corrected chi connectivity index (χ2v) is 6.13. The van der Waals surface area contributed by atoms with E-state index in [0.29, 0.717) is 17.9 Å². The van der Waals surface area contributed by atoms with Gasteiger partial charge in [0.2, 0.25) is 0 Å². The summed E-state index contributed by atoms with van der Waals surface area (Å²) in [4.78, 5) is 4.69. The minimum absolute atomic E-state index is 0.160.